The molecule has 0 fully saturated rings. The smallest absolute Gasteiger partial charge is 0.251 e. The summed E-state index contributed by atoms with van der Waals surface area (Å²) in [4.78, 5) is 21.7. The molecule has 0 unspecified atom stereocenters. The van der Waals surface area contributed by atoms with Crippen LogP contribution in [0.25, 0.3) is 0 Å². The fourth-order valence-corrected chi connectivity index (χ4v) is 1.01. The lowest BCUT2D eigenvalue weighted by molar-refractivity contribution is -0.525. The molecule has 0 atom stereocenters. The second kappa shape index (κ2) is 7.06. The number of guanidine groups is 1. The number of aromatic nitrogens is 2. The maximum absolute atomic E-state index is 9.99. The number of nitrogens with zero attached hydrogens (tertiary/aromatic N) is 4. The molecule has 0 saturated carbocycles. The first-order valence-corrected chi connectivity index (χ1v) is 4.86. The van der Waals surface area contributed by atoms with Gasteiger partial charge in [0.1, 0.15) is 5.82 Å². The molecule has 9 nitrogen and oxygen atoms in total. The molecule has 1 heterocycles. The van der Waals surface area contributed by atoms with Gasteiger partial charge in [-0.05, 0) is 6.07 Å². The second-order valence-corrected chi connectivity index (χ2v) is 2.98. The van der Waals surface area contributed by atoms with Crippen molar-refractivity contribution in [3.8, 4) is 0 Å². The van der Waals surface area contributed by atoms with Crippen LogP contribution in [-0.4, -0.2) is 34.0 Å². The average Bonchev–Trinajstić information content (AvgIpc) is 2.29. The Morgan fingerprint density at radius 3 is 2.88 bits per heavy atom. The van der Waals surface area contributed by atoms with Crippen molar-refractivity contribution < 1.29 is 5.03 Å². The molecule has 17 heavy (non-hydrogen) atoms. The predicted octanol–water partition coefficient (Wildman–Crippen LogP) is -1.34. The SMILES string of the molecule is NC(=NCCNCc1ncccn1)N[N+](=O)[O-]. The van der Waals surface area contributed by atoms with Gasteiger partial charge in [0, 0.05) is 18.9 Å². The maximum Gasteiger partial charge on any atom is 0.251 e. The number of hydrogen-bond acceptors (Lipinski definition) is 6. The lowest BCUT2D eigenvalue weighted by Crippen LogP contribution is -2.36. The van der Waals surface area contributed by atoms with Crippen LogP contribution in [0.15, 0.2) is 23.5 Å². The third-order valence-corrected chi connectivity index (χ3v) is 1.68. The van der Waals surface area contributed by atoms with Crippen LogP contribution in [0.1, 0.15) is 5.82 Å². The molecule has 0 saturated heterocycles. The number of aliphatic imine (C=N–C) groups is 1. The van der Waals surface area contributed by atoms with Crippen molar-refractivity contribution in [3.63, 3.8) is 0 Å². The molecule has 1 rings (SSSR count). The van der Waals surface area contributed by atoms with Crippen LogP contribution < -0.4 is 16.5 Å². The molecular weight excluding hydrogens is 226 g/mol. The number of nitro groups is 1. The minimum atomic E-state index is -0.760. The van der Waals surface area contributed by atoms with E-state index in [-0.39, 0.29) is 5.96 Å². The molecule has 0 bridgehead atoms. The third kappa shape index (κ3) is 5.99. The largest absolute Gasteiger partial charge is 0.365 e. The van der Waals surface area contributed by atoms with E-state index in [1.54, 1.807) is 23.9 Å². The minimum absolute atomic E-state index is 0.215. The van der Waals surface area contributed by atoms with E-state index in [0.717, 1.165) is 0 Å². The molecule has 0 aliphatic rings. The van der Waals surface area contributed by atoms with E-state index in [1.165, 1.54) is 0 Å². The first-order valence-electron chi connectivity index (χ1n) is 4.86. The molecule has 4 N–H and O–H groups in total. The summed E-state index contributed by atoms with van der Waals surface area (Å²) in [5.41, 5.74) is 6.96. The van der Waals surface area contributed by atoms with Gasteiger partial charge < -0.3 is 11.1 Å². The highest BCUT2D eigenvalue weighted by atomic mass is 16.7. The van der Waals surface area contributed by atoms with Crippen molar-refractivity contribution in [1.82, 2.24) is 20.7 Å². The second-order valence-electron chi connectivity index (χ2n) is 2.98. The molecule has 0 radical (unpaired) electrons. The van der Waals surface area contributed by atoms with Gasteiger partial charge in [-0.3, -0.25) is 0 Å². The van der Waals surface area contributed by atoms with Crippen LogP contribution in [0, 0.1) is 10.1 Å². The Kier molecular flexibility index (Phi) is 5.31. The van der Waals surface area contributed by atoms with E-state index < -0.39 is 5.03 Å². The van der Waals surface area contributed by atoms with Gasteiger partial charge in [-0.1, -0.05) is 5.43 Å². The Morgan fingerprint density at radius 2 is 2.24 bits per heavy atom. The molecule has 9 heteroatoms. The molecule has 1 aromatic rings. The Balaban J connectivity index is 2.14. The first kappa shape index (κ1) is 12.8. The number of nitrogens with two attached hydrogens (primary N) is 1. The lowest BCUT2D eigenvalue weighted by Gasteiger charge is -2.01. The normalized spacial score (nSPS) is 11.2. The molecule has 0 spiro atoms. The highest BCUT2D eigenvalue weighted by Crippen LogP contribution is 1.85. The number of hydrazine groups is 1. The maximum atomic E-state index is 9.99. The van der Waals surface area contributed by atoms with E-state index >= 15 is 0 Å². The monoisotopic (exact) mass is 239 g/mol. The number of nitrogens with one attached hydrogen (secondary N) is 2. The van der Waals surface area contributed by atoms with E-state index in [0.29, 0.717) is 25.5 Å². The number of rotatable bonds is 6. The van der Waals surface area contributed by atoms with Gasteiger partial charge in [0.15, 0.2) is 5.03 Å². The van der Waals surface area contributed by atoms with Gasteiger partial charge in [0.25, 0.3) is 5.96 Å². The number of hydrogen-bond donors (Lipinski definition) is 3. The van der Waals surface area contributed by atoms with Crippen molar-refractivity contribution in [1.29, 1.82) is 0 Å². The van der Waals surface area contributed by atoms with Crippen LogP contribution in [0.4, 0.5) is 0 Å². The predicted molar refractivity (Wildman–Crippen MR) is 60.4 cm³/mol. The van der Waals surface area contributed by atoms with Crippen molar-refractivity contribution >= 4 is 5.96 Å². The van der Waals surface area contributed by atoms with Gasteiger partial charge in [-0.15, -0.1) is 0 Å². The summed E-state index contributed by atoms with van der Waals surface area (Å²) in [5, 5.41) is 12.3. The van der Waals surface area contributed by atoms with Gasteiger partial charge in [0.2, 0.25) is 0 Å². The Bertz CT molecular complexity index is 381. The average molecular weight is 239 g/mol. The molecule has 0 aromatic carbocycles. The van der Waals surface area contributed by atoms with Crippen molar-refractivity contribution in [2.45, 2.75) is 6.54 Å². The molecular formula is C8H13N7O2. The fraction of sp³-hybridized carbons (Fsp3) is 0.375. The van der Waals surface area contributed by atoms with E-state index in [4.69, 9.17) is 5.73 Å². The molecule has 0 amide bonds. The van der Waals surface area contributed by atoms with E-state index in [1.807, 2.05) is 0 Å². The lowest BCUT2D eigenvalue weighted by atomic mass is 10.5. The van der Waals surface area contributed by atoms with Crippen LogP contribution in [0.2, 0.25) is 0 Å². The summed E-state index contributed by atoms with van der Waals surface area (Å²) in [7, 11) is 0. The topological polar surface area (TPSA) is 131 Å². The zero-order valence-electron chi connectivity index (χ0n) is 9.04. The molecule has 1 aromatic heterocycles. The Hall–Kier alpha value is -2.29. The molecule has 0 aliphatic carbocycles. The zero-order chi connectivity index (χ0) is 12.5. The van der Waals surface area contributed by atoms with E-state index in [2.05, 4.69) is 20.3 Å². The van der Waals surface area contributed by atoms with Crippen molar-refractivity contribution in [3.05, 3.63) is 34.4 Å². The highest BCUT2D eigenvalue weighted by Gasteiger charge is 1.97. The highest BCUT2D eigenvalue weighted by molar-refractivity contribution is 5.76. The van der Waals surface area contributed by atoms with Crippen LogP contribution in [0.3, 0.4) is 0 Å². The fourth-order valence-electron chi connectivity index (χ4n) is 1.01. The van der Waals surface area contributed by atoms with E-state index in [9.17, 15) is 10.1 Å². The zero-order valence-corrected chi connectivity index (χ0v) is 9.04. The summed E-state index contributed by atoms with van der Waals surface area (Å²) >= 11 is 0. The van der Waals surface area contributed by atoms with Crippen LogP contribution in [-0.2, 0) is 6.54 Å². The van der Waals surface area contributed by atoms with Gasteiger partial charge in [-0.2, -0.15) is 0 Å². The molecule has 92 valence electrons. The minimum Gasteiger partial charge on any atom is -0.365 e. The van der Waals surface area contributed by atoms with Crippen LogP contribution in [0.5, 0.6) is 0 Å². The molecule has 0 aliphatic heterocycles. The van der Waals surface area contributed by atoms with Crippen LogP contribution >= 0.6 is 0 Å². The van der Waals surface area contributed by atoms with Crippen molar-refractivity contribution in [2.24, 2.45) is 10.7 Å². The van der Waals surface area contributed by atoms with Gasteiger partial charge in [-0.25, -0.2) is 25.1 Å². The third-order valence-electron chi connectivity index (χ3n) is 1.68. The Labute approximate surface area is 97.3 Å². The summed E-state index contributed by atoms with van der Waals surface area (Å²) in [6.07, 6.45) is 3.31. The van der Waals surface area contributed by atoms with Crippen molar-refractivity contribution in [2.75, 3.05) is 13.1 Å². The summed E-state index contributed by atoms with van der Waals surface area (Å²) in [5.74, 6) is 0.459. The Morgan fingerprint density at radius 1 is 1.53 bits per heavy atom. The summed E-state index contributed by atoms with van der Waals surface area (Å²) < 4.78 is 0. The first-order chi connectivity index (χ1) is 8.18. The summed E-state index contributed by atoms with van der Waals surface area (Å²) in [6, 6.07) is 1.73. The van der Waals surface area contributed by atoms with Gasteiger partial charge >= 0.3 is 0 Å². The van der Waals surface area contributed by atoms with Gasteiger partial charge in [0.05, 0.1) is 13.1 Å². The standard InChI is InChI=1S/C8H13N7O2/c9-8(14-15(16)17)13-5-4-10-6-7-11-2-1-3-12-7/h1-3,10H,4-6H2,(H3,9,13,14). The summed E-state index contributed by atoms with van der Waals surface area (Å²) in [6.45, 7) is 1.37. The quantitative estimate of drug-likeness (QED) is 0.184.